The van der Waals surface area contributed by atoms with Gasteiger partial charge in [-0.3, -0.25) is 4.98 Å². The van der Waals surface area contributed by atoms with Crippen molar-refractivity contribution in [2.45, 2.75) is 6.54 Å². The second-order valence-corrected chi connectivity index (χ2v) is 7.01. The molecule has 0 bridgehead atoms. The molecular formula is C24H18FN5O2. The predicted molar refractivity (Wildman–Crippen MR) is 119 cm³/mol. The van der Waals surface area contributed by atoms with Crippen LogP contribution < -0.4 is 10.1 Å². The van der Waals surface area contributed by atoms with E-state index in [-0.39, 0.29) is 5.82 Å². The number of ether oxygens (including phenoxy) is 1. The Hall–Kier alpha value is -4.33. The zero-order chi connectivity index (χ0) is 21.9. The quantitative estimate of drug-likeness (QED) is 0.403. The number of pyridine rings is 1. The molecule has 158 valence electrons. The summed E-state index contributed by atoms with van der Waals surface area (Å²) < 4.78 is 25.5. The van der Waals surface area contributed by atoms with E-state index in [1.807, 2.05) is 18.2 Å². The molecule has 2 aromatic carbocycles. The van der Waals surface area contributed by atoms with Crippen molar-refractivity contribution in [3.63, 3.8) is 0 Å². The van der Waals surface area contributed by atoms with Gasteiger partial charge in [0.25, 0.3) is 0 Å². The molecule has 32 heavy (non-hydrogen) atoms. The third-order valence-electron chi connectivity index (χ3n) is 5.00. The van der Waals surface area contributed by atoms with E-state index >= 15 is 0 Å². The highest BCUT2D eigenvalue weighted by Crippen LogP contribution is 2.36. The molecule has 0 aliphatic rings. The maximum Gasteiger partial charge on any atom is 0.180 e. The van der Waals surface area contributed by atoms with Crippen molar-refractivity contribution in [2.24, 2.45) is 0 Å². The summed E-state index contributed by atoms with van der Waals surface area (Å²) >= 11 is 0. The Bertz CT molecular complexity index is 1370. The monoisotopic (exact) mass is 427 g/mol. The van der Waals surface area contributed by atoms with Crippen molar-refractivity contribution in [2.75, 3.05) is 12.4 Å². The fourth-order valence-corrected chi connectivity index (χ4v) is 3.47. The number of hydrogen-bond acceptors (Lipinski definition) is 7. The van der Waals surface area contributed by atoms with Crippen molar-refractivity contribution in [3.8, 4) is 28.3 Å². The molecule has 0 amide bonds. The van der Waals surface area contributed by atoms with Crippen LogP contribution in [0.25, 0.3) is 33.4 Å². The molecule has 3 aromatic heterocycles. The van der Waals surface area contributed by atoms with Gasteiger partial charge in [0.05, 0.1) is 19.9 Å². The van der Waals surface area contributed by atoms with E-state index in [0.717, 1.165) is 5.56 Å². The highest BCUT2D eigenvalue weighted by molar-refractivity contribution is 5.97. The average molecular weight is 427 g/mol. The molecule has 0 radical (unpaired) electrons. The Morgan fingerprint density at radius 1 is 1.00 bits per heavy atom. The normalized spacial score (nSPS) is 10.9. The van der Waals surface area contributed by atoms with Crippen molar-refractivity contribution in [1.29, 1.82) is 0 Å². The van der Waals surface area contributed by atoms with Crippen molar-refractivity contribution in [3.05, 3.63) is 85.1 Å². The lowest BCUT2D eigenvalue weighted by atomic mass is 10.0. The number of halogens is 1. The molecule has 5 rings (SSSR count). The Labute approximate surface area is 183 Å². The average Bonchev–Trinajstić information content (AvgIpc) is 3.36. The first kappa shape index (κ1) is 19.6. The van der Waals surface area contributed by atoms with Gasteiger partial charge >= 0.3 is 0 Å². The number of benzene rings is 2. The van der Waals surface area contributed by atoms with Gasteiger partial charge in [-0.2, -0.15) is 0 Å². The summed E-state index contributed by atoms with van der Waals surface area (Å²) in [5.74, 6) is 1.88. The number of aromatic nitrogens is 4. The van der Waals surface area contributed by atoms with Crippen LogP contribution in [-0.4, -0.2) is 27.0 Å². The lowest BCUT2D eigenvalue weighted by Crippen LogP contribution is -2.05. The topological polar surface area (TPSA) is 86.0 Å². The molecule has 0 saturated heterocycles. The summed E-state index contributed by atoms with van der Waals surface area (Å²) in [5, 5.41) is 3.98. The molecule has 0 fully saturated rings. The minimum atomic E-state index is -0.321. The fourth-order valence-electron chi connectivity index (χ4n) is 3.47. The van der Waals surface area contributed by atoms with Gasteiger partial charge in [-0.25, -0.2) is 19.3 Å². The molecule has 0 unspecified atom stereocenters. The summed E-state index contributed by atoms with van der Waals surface area (Å²) in [6.45, 7) is 0.366. The summed E-state index contributed by atoms with van der Waals surface area (Å²) in [6.07, 6.45) is 6.38. The summed E-state index contributed by atoms with van der Waals surface area (Å²) in [7, 11) is 1.56. The van der Waals surface area contributed by atoms with Gasteiger partial charge in [-0.1, -0.05) is 18.2 Å². The number of fused-ring (bicyclic) bond motifs is 1. The maximum atomic E-state index is 14.5. The molecule has 0 saturated carbocycles. The van der Waals surface area contributed by atoms with Crippen LogP contribution in [0.3, 0.4) is 0 Å². The molecule has 0 spiro atoms. The van der Waals surface area contributed by atoms with E-state index in [1.165, 1.54) is 12.5 Å². The van der Waals surface area contributed by atoms with Gasteiger partial charge in [0, 0.05) is 28.9 Å². The number of anilines is 1. The van der Waals surface area contributed by atoms with E-state index in [9.17, 15) is 4.39 Å². The standard InChI is InChI=1S/C24H18FN5O2/c1-31-21-10-16(18-6-2-3-7-20(18)25)9-19-22(21)29-23(15-5-4-8-26-11-15)30-24(19)28-13-17-12-27-14-32-17/h2-12,14H,13H2,1H3,(H,28,29,30). The predicted octanol–water partition coefficient (Wildman–Crippen LogP) is 5.11. The second-order valence-electron chi connectivity index (χ2n) is 7.01. The molecule has 1 N–H and O–H groups in total. The molecule has 5 aromatic rings. The Kier molecular flexibility index (Phi) is 5.17. The van der Waals surface area contributed by atoms with Gasteiger partial charge < -0.3 is 14.5 Å². The number of nitrogens with zero attached hydrogens (tertiary/aromatic N) is 4. The van der Waals surface area contributed by atoms with Crippen LogP contribution >= 0.6 is 0 Å². The largest absolute Gasteiger partial charge is 0.494 e. The summed E-state index contributed by atoms with van der Waals surface area (Å²) in [4.78, 5) is 17.6. The molecule has 0 aliphatic carbocycles. The van der Waals surface area contributed by atoms with Crippen LogP contribution in [0.5, 0.6) is 5.75 Å². The van der Waals surface area contributed by atoms with E-state index < -0.39 is 0 Å². The van der Waals surface area contributed by atoms with Crippen LogP contribution in [0.4, 0.5) is 10.2 Å². The lowest BCUT2D eigenvalue weighted by molar-refractivity contribution is 0.419. The molecule has 0 atom stereocenters. The van der Waals surface area contributed by atoms with Crippen molar-refractivity contribution in [1.82, 2.24) is 19.9 Å². The van der Waals surface area contributed by atoms with E-state index in [4.69, 9.17) is 19.1 Å². The van der Waals surface area contributed by atoms with E-state index in [0.29, 0.717) is 51.7 Å². The smallest absolute Gasteiger partial charge is 0.180 e. The lowest BCUT2D eigenvalue weighted by Gasteiger charge is -2.14. The summed E-state index contributed by atoms with van der Waals surface area (Å²) in [5.41, 5.74) is 2.48. The maximum absolute atomic E-state index is 14.5. The number of methoxy groups -OCH3 is 1. The molecular weight excluding hydrogens is 409 g/mol. The van der Waals surface area contributed by atoms with Crippen LogP contribution in [0.1, 0.15) is 5.76 Å². The highest BCUT2D eigenvalue weighted by atomic mass is 19.1. The Balaban J connectivity index is 1.71. The van der Waals surface area contributed by atoms with Gasteiger partial charge in [0.2, 0.25) is 0 Å². The fraction of sp³-hybridized carbons (Fsp3) is 0.0833. The SMILES string of the molecule is COc1cc(-c2ccccc2F)cc2c(NCc3cnco3)nc(-c3cccnc3)nc12. The van der Waals surface area contributed by atoms with Crippen molar-refractivity contribution < 1.29 is 13.5 Å². The highest BCUT2D eigenvalue weighted by Gasteiger charge is 2.17. The Morgan fingerprint density at radius 2 is 1.91 bits per heavy atom. The first-order chi connectivity index (χ1) is 15.7. The zero-order valence-electron chi connectivity index (χ0n) is 17.1. The first-order valence-corrected chi connectivity index (χ1v) is 9.89. The van der Waals surface area contributed by atoms with Crippen LogP contribution in [0.15, 0.2) is 77.9 Å². The van der Waals surface area contributed by atoms with E-state index in [1.54, 1.807) is 50.0 Å². The first-order valence-electron chi connectivity index (χ1n) is 9.89. The summed E-state index contributed by atoms with van der Waals surface area (Å²) in [6, 6.07) is 13.9. The minimum absolute atomic E-state index is 0.321. The molecule has 3 heterocycles. The van der Waals surface area contributed by atoms with E-state index in [2.05, 4.69) is 15.3 Å². The number of rotatable bonds is 6. The van der Waals surface area contributed by atoms with Crippen molar-refractivity contribution >= 4 is 16.7 Å². The van der Waals surface area contributed by atoms with Gasteiger partial charge in [0.1, 0.15) is 28.7 Å². The zero-order valence-corrected chi connectivity index (χ0v) is 17.1. The van der Waals surface area contributed by atoms with Crippen LogP contribution in [-0.2, 0) is 6.54 Å². The third kappa shape index (κ3) is 3.74. The number of oxazole rings is 1. The Morgan fingerprint density at radius 3 is 2.66 bits per heavy atom. The van der Waals surface area contributed by atoms with Crippen LogP contribution in [0, 0.1) is 5.82 Å². The number of hydrogen-bond donors (Lipinski definition) is 1. The molecule has 7 nitrogen and oxygen atoms in total. The van der Waals surface area contributed by atoms with Gasteiger partial charge in [-0.05, 0) is 35.9 Å². The second kappa shape index (κ2) is 8.43. The minimum Gasteiger partial charge on any atom is -0.494 e. The third-order valence-corrected chi connectivity index (χ3v) is 5.00. The van der Waals surface area contributed by atoms with Gasteiger partial charge in [0.15, 0.2) is 12.2 Å². The molecule has 8 heteroatoms. The van der Waals surface area contributed by atoms with Crippen LogP contribution in [0.2, 0.25) is 0 Å². The molecule has 0 aliphatic heterocycles. The van der Waals surface area contributed by atoms with Gasteiger partial charge in [-0.15, -0.1) is 0 Å². The number of nitrogens with one attached hydrogen (secondary N) is 1.